The Morgan fingerprint density at radius 3 is 2.54 bits per heavy atom. The van der Waals surface area contributed by atoms with Crippen molar-refractivity contribution in [3.63, 3.8) is 0 Å². The number of rotatable bonds is 9. The summed E-state index contributed by atoms with van der Waals surface area (Å²) in [5.41, 5.74) is 0.396. The fraction of sp³-hybridized carbons (Fsp3) is 0.917. The SMILES string of the molecule is C=CCN(CCC1COC2(CCC(C(C)(C)C(C)C)CC2)O1)CC1CCCO1. The van der Waals surface area contributed by atoms with Gasteiger partial charge in [-0.15, -0.1) is 6.58 Å². The Kier molecular flexibility index (Phi) is 7.63. The lowest BCUT2D eigenvalue weighted by molar-refractivity contribution is -0.198. The van der Waals surface area contributed by atoms with Crippen LogP contribution >= 0.6 is 0 Å². The minimum atomic E-state index is -0.300. The van der Waals surface area contributed by atoms with Crippen LogP contribution in [0, 0.1) is 17.3 Å². The summed E-state index contributed by atoms with van der Waals surface area (Å²) in [4.78, 5) is 2.46. The first-order valence-electron chi connectivity index (χ1n) is 11.6. The lowest BCUT2D eigenvalue weighted by Gasteiger charge is -2.44. The largest absolute Gasteiger partial charge is 0.377 e. The second-order valence-corrected chi connectivity index (χ2v) is 10.2. The van der Waals surface area contributed by atoms with Gasteiger partial charge in [0, 0.05) is 39.1 Å². The van der Waals surface area contributed by atoms with Crippen LogP contribution in [0.25, 0.3) is 0 Å². The highest BCUT2D eigenvalue weighted by Crippen LogP contribution is 2.48. The Labute approximate surface area is 173 Å². The van der Waals surface area contributed by atoms with E-state index in [0.29, 0.717) is 17.4 Å². The van der Waals surface area contributed by atoms with Crippen LogP contribution < -0.4 is 0 Å². The average molecular weight is 394 g/mol. The molecule has 2 unspecified atom stereocenters. The molecule has 3 aliphatic rings. The molecule has 1 aliphatic carbocycles. The highest BCUT2D eigenvalue weighted by molar-refractivity contribution is 4.91. The molecule has 0 radical (unpaired) electrons. The molecule has 3 rings (SSSR count). The van der Waals surface area contributed by atoms with Crippen molar-refractivity contribution >= 4 is 0 Å². The Hall–Kier alpha value is -0.420. The van der Waals surface area contributed by atoms with Gasteiger partial charge in [0.05, 0.1) is 18.8 Å². The van der Waals surface area contributed by atoms with Crippen molar-refractivity contribution in [3.05, 3.63) is 12.7 Å². The lowest BCUT2D eigenvalue weighted by Crippen LogP contribution is -2.41. The Balaban J connectivity index is 1.44. The molecular formula is C24H43NO3. The lowest BCUT2D eigenvalue weighted by atomic mass is 9.64. The maximum absolute atomic E-state index is 6.50. The van der Waals surface area contributed by atoms with Crippen molar-refractivity contribution in [2.24, 2.45) is 17.3 Å². The van der Waals surface area contributed by atoms with Crippen LogP contribution in [0.3, 0.4) is 0 Å². The van der Waals surface area contributed by atoms with Crippen LogP contribution in [-0.4, -0.2) is 55.7 Å². The first-order chi connectivity index (χ1) is 13.3. The smallest absolute Gasteiger partial charge is 0.168 e. The van der Waals surface area contributed by atoms with Crippen LogP contribution in [0.1, 0.15) is 72.6 Å². The van der Waals surface area contributed by atoms with Gasteiger partial charge in [-0.05, 0) is 49.4 Å². The van der Waals surface area contributed by atoms with Gasteiger partial charge in [-0.2, -0.15) is 0 Å². The Morgan fingerprint density at radius 2 is 1.93 bits per heavy atom. The molecule has 28 heavy (non-hydrogen) atoms. The van der Waals surface area contributed by atoms with E-state index in [9.17, 15) is 0 Å². The zero-order chi connectivity index (χ0) is 20.2. The van der Waals surface area contributed by atoms with Crippen LogP contribution in [0.4, 0.5) is 0 Å². The molecule has 2 saturated heterocycles. The normalized spacial score (nSPS) is 34.0. The van der Waals surface area contributed by atoms with E-state index in [-0.39, 0.29) is 11.9 Å². The minimum Gasteiger partial charge on any atom is -0.377 e. The molecule has 4 heteroatoms. The molecule has 1 spiro atoms. The fourth-order valence-corrected chi connectivity index (χ4v) is 5.14. The summed E-state index contributed by atoms with van der Waals surface area (Å²) in [7, 11) is 0. The number of hydrogen-bond acceptors (Lipinski definition) is 4. The third-order valence-electron chi connectivity index (χ3n) is 7.84. The quantitative estimate of drug-likeness (QED) is 0.514. The van der Waals surface area contributed by atoms with Crippen molar-refractivity contribution < 1.29 is 14.2 Å². The van der Waals surface area contributed by atoms with Crippen LogP contribution in [0.5, 0.6) is 0 Å². The summed E-state index contributed by atoms with van der Waals surface area (Å²) in [6.45, 7) is 18.1. The van der Waals surface area contributed by atoms with Crippen molar-refractivity contribution in [1.82, 2.24) is 4.90 Å². The van der Waals surface area contributed by atoms with Crippen molar-refractivity contribution in [2.45, 2.75) is 90.6 Å². The molecule has 4 nitrogen and oxygen atoms in total. The summed E-state index contributed by atoms with van der Waals surface area (Å²) in [5.74, 6) is 1.19. The van der Waals surface area contributed by atoms with E-state index in [1.807, 2.05) is 6.08 Å². The van der Waals surface area contributed by atoms with E-state index >= 15 is 0 Å². The van der Waals surface area contributed by atoms with Gasteiger partial charge in [0.2, 0.25) is 0 Å². The van der Waals surface area contributed by atoms with Gasteiger partial charge in [-0.25, -0.2) is 0 Å². The van der Waals surface area contributed by atoms with Gasteiger partial charge in [-0.1, -0.05) is 33.8 Å². The molecule has 0 N–H and O–H groups in total. The molecule has 3 fully saturated rings. The van der Waals surface area contributed by atoms with Crippen LogP contribution in [0.15, 0.2) is 12.7 Å². The average Bonchev–Trinajstić information content (AvgIpc) is 3.31. The number of hydrogen-bond donors (Lipinski definition) is 0. The molecule has 2 heterocycles. The molecular weight excluding hydrogens is 350 g/mol. The molecule has 0 bridgehead atoms. The molecule has 1 saturated carbocycles. The van der Waals surface area contributed by atoms with Gasteiger partial charge < -0.3 is 14.2 Å². The molecule has 162 valence electrons. The van der Waals surface area contributed by atoms with E-state index < -0.39 is 0 Å². The number of nitrogens with zero attached hydrogens (tertiary/aromatic N) is 1. The first-order valence-corrected chi connectivity index (χ1v) is 11.6. The van der Waals surface area contributed by atoms with E-state index in [1.165, 1.54) is 25.7 Å². The summed E-state index contributed by atoms with van der Waals surface area (Å²) < 4.78 is 18.6. The highest BCUT2D eigenvalue weighted by Gasteiger charge is 2.47. The molecule has 2 aliphatic heterocycles. The Morgan fingerprint density at radius 1 is 1.18 bits per heavy atom. The summed E-state index contributed by atoms with van der Waals surface area (Å²) in [5, 5.41) is 0. The van der Waals surface area contributed by atoms with E-state index in [2.05, 4.69) is 39.2 Å². The second-order valence-electron chi connectivity index (χ2n) is 10.2. The van der Waals surface area contributed by atoms with Crippen LogP contribution in [0.2, 0.25) is 0 Å². The third kappa shape index (κ3) is 5.38. The van der Waals surface area contributed by atoms with Crippen LogP contribution in [-0.2, 0) is 14.2 Å². The zero-order valence-electron chi connectivity index (χ0n) is 18.8. The third-order valence-corrected chi connectivity index (χ3v) is 7.84. The Bertz CT molecular complexity index is 490. The molecule has 0 aromatic heterocycles. The van der Waals surface area contributed by atoms with Gasteiger partial charge in [0.1, 0.15) is 0 Å². The molecule has 2 atom stereocenters. The summed E-state index contributed by atoms with van der Waals surface area (Å²) in [6, 6.07) is 0. The second kappa shape index (κ2) is 9.59. The maximum Gasteiger partial charge on any atom is 0.168 e. The monoisotopic (exact) mass is 393 g/mol. The van der Waals surface area contributed by atoms with Gasteiger partial charge in [0.15, 0.2) is 5.79 Å². The molecule has 0 aromatic carbocycles. The first kappa shape index (κ1) is 22.3. The minimum absolute atomic E-state index is 0.228. The van der Waals surface area contributed by atoms with E-state index in [0.717, 1.165) is 58.0 Å². The van der Waals surface area contributed by atoms with E-state index in [1.54, 1.807) is 0 Å². The van der Waals surface area contributed by atoms with Gasteiger partial charge in [-0.3, -0.25) is 4.90 Å². The maximum atomic E-state index is 6.50. The predicted octanol–water partition coefficient (Wildman–Crippen LogP) is 5.03. The fourth-order valence-electron chi connectivity index (χ4n) is 5.14. The van der Waals surface area contributed by atoms with Gasteiger partial charge in [0.25, 0.3) is 0 Å². The predicted molar refractivity (Wildman–Crippen MR) is 114 cm³/mol. The van der Waals surface area contributed by atoms with Crippen molar-refractivity contribution in [3.8, 4) is 0 Å². The zero-order valence-corrected chi connectivity index (χ0v) is 18.8. The van der Waals surface area contributed by atoms with E-state index in [4.69, 9.17) is 14.2 Å². The number of ether oxygens (including phenoxy) is 3. The molecule has 0 aromatic rings. The highest BCUT2D eigenvalue weighted by atomic mass is 16.7. The van der Waals surface area contributed by atoms with Crippen molar-refractivity contribution in [2.75, 3.05) is 32.8 Å². The van der Waals surface area contributed by atoms with Gasteiger partial charge >= 0.3 is 0 Å². The summed E-state index contributed by atoms with van der Waals surface area (Å²) in [6.07, 6.45) is 10.6. The van der Waals surface area contributed by atoms with Crippen molar-refractivity contribution in [1.29, 1.82) is 0 Å². The standard InChI is InChI=1S/C24H43NO3/c1-6-14-25(17-21-8-7-16-26-21)15-11-22-18-27-24(28-22)12-9-20(10-13-24)23(4,5)19(2)3/h6,19-22H,1,7-18H2,2-5H3. The summed E-state index contributed by atoms with van der Waals surface area (Å²) >= 11 is 0. The topological polar surface area (TPSA) is 30.9 Å². The molecule has 0 amide bonds.